The van der Waals surface area contributed by atoms with Gasteiger partial charge in [-0.1, -0.05) is 45.3 Å². The van der Waals surface area contributed by atoms with Gasteiger partial charge in [-0.05, 0) is 47.2 Å². The summed E-state index contributed by atoms with van der Waals surface area (Å²) in [5.41, 5.74) is 2.67. The SMILES string of the molecule is COc1ccccc1NC(=O)C1=C(C)Nc2nnnn2[C@H]1c1cccc(Br)c1. The van der Waals surface area contributed by atoms with Crippen molar-refractivity contribution < 1.29 is 9.53 Å². The van der Waals surface area contributed by atoms with Gasteiger partial charge in [-0.3, -0.25) is 4.79 Å². The molecule has 1 amide bonds. The Morgan fingerprint density at radius 2 is 2.07 bits per heavy atom. The first-order chi connectivity index (χ1) is 13.6. The Hall–Kier alpha value is -3.20. The van der Waals surface area contributed by atoms with Gasteiger partial charge in [0.05, 0.1) is 18.4 Å². The van der Waals surface area contributed by atoms with Crippen LogP contribution in [0.3, 0.4) is 0 Å². The van der Waals surface area contributed by atoms with Crippen LogP contribution in [0.15, 0.2) is 64.3 Å². The topological polar surface area (TPSA) is 94.0 Å². The van der Waals surface area contributed by atoms with Gasteiger partial charge < -0.3 is 15.4 Å². The molecule has 0 radical (unpaired) electrons. The largest absolute Gasteiger partial charge is 0.495 e. The van der Waals surface area contributed by atoms with E-state index >= 15 is 0 Å². The van der Waals surface area contributed by atoms with E-state index in [1.807, 2.05) is 43.3 Å². The van der Waals surface area contributed by atoms with Crippen LogP contribution < -0.4 is 15.4 Å². The first kappa shape index (κ1) is 18.2. The van der Waals surface area contributed by atoms with E-state index in [9.17, 15) is 4.79 Å². The van der Waals surface area contributed by atoms with Crippen molar-refractivity contribution >= 4 is 33.5 Å². The molecule has 0 saturated carbocycles. The van der Waals surface area contributed by atoms with Crippen LogP contribution in [-0.4, -0.2) is 33.2 Å². The summed E-state index contributed by atoms with van der Waals surface area (Å²) in [6.07, 6.45) is 0. The number of rotatable bonds is 4. The predicted octanol–water partition coefficient (Wildman–Crippen LogP) is 3.37. The van der Waals surface area contributed by atoms with Crippen LogP contribution >= 0.6 is 15.9 Å². The fourth-order valence-electron chi connectivity index (χ4n) is 3.23. The van der Waals surface area contributed by atoms with Gasteiger partial charge in [0.2, 0.25) is 5.95 Å². The number of benzene rings is 2. The number of nitrogens with one attached hydrogen (secondary N) is 2. The average Bonchev–Trinajstić information content (AvgIpc) is 3.15. The molecule has 1 aliphatic heterocycles. The number of nitrogens with zero attached hydrogens (tertiary/aromatic N) is 4. The minimum atomic E-state index is -0.474. The molecule has 2 N–H and O–H groups in total. The van der Waals surface area contributed by atoms with Gasteiger partial charge in [0, 0.05) is 10.2 Å². The molecular formula is C19H17BrN6O2. The van der Waals surface area contributed by atoms with Gasteiger partial charge in [-0.15, -0.1) is 0 Å². The molecule has 0 spiro atoms. The Morgan fingerprint density at radius 3 is 2.86 bits per heavy atom. The molecule has 2 aromatic carbocycles. The number of amides is 1. The highest BCUT2D eigenvalue weighted by molar-refractivity contribution is 9.10. The zero-order valence-electron chi connectivity index (χ0n) is 15.2. The Labute approximate surface area is 169 Å². The number of anilines is 2. The van der Waals surface area contributed by atoms with Crippen molar-refractivity contribution in [1.82, 2.24) is 20.2 Å². The fourth-order valence-corrected chi connectivity index (χ4v) is 3.65. The zero-order chi connectivity index (χ0) is 19.7. The number of para-hydroxylation sites is 2. The number of methoxy groups -OCH3 is 1. The summed E-state index contributed by atoms with van der Waals surface area (Å²) >= 11 is 3.49. The number of hydrogen-bond donors (Lipinski definition) is 2. The standard InChI is InChI=1S/C19H17BrN6O2/c1-11-16(18(27)22-14-8-3-4-9-15(14)28-2)17(12-6-5-7-13(20)10-12)26-19(21-11)23-24-25-26/h3-10,17H,1-2H3,(H,22,27)(H,21,23,25)/t17-/m0/s1. The molecule has 0 aliphatic carbocycles. The van der Waals surface area contributed by atoms with E-state index in [4.69, 9.17) is 4.74 Å². The van der Waals surface area contributed by atoms with Crippen molar-refractivity contribution in [2.45, 2.75) is 13.0 Å². The van der Waals surface area contributed by atoms with Crippen molar-refractivity contribution in [2.24, 2.45) is 0 Å². The molecule has 4 rings (SSSR count). The predicted molar refractivity (Wildman–Crippen MR) is 108 cm³/mol. The average molecular weight is 441 g/mol. The fraction of sp³-hybridized carbons (Fsp3) is 0.158. The first-order valence-corrected chi connectivity index (χ1v) is 9.33. The molecule has 28 heavy (non-hydrogen) atoms. The maximum Gasteiger partial charge on any atom is 0.255 e. The molecule has 9 heteroatoms. The van der Waals surface area contributed by atoms with Crippen molar-refractivity contribution in [1.29, 1.82) is 0 Å². The van der Waals surface area contributed by atoms with Gasteiger partial charge in [0.1, 0.15) is 11.8 Å². The molecule has 142 valence electrons. The lowest BCUT2D eigenvalue weighted by Crippen LogP contribution is -2.31. The number of hydrogen-bond acceptors (Lipinski definition) is 6. The number of allylic oxidation sites excluding steroid dienone is 1. The molecule has 1 atom stereocenters. The molecule has 0 bridgehead atoms. The third-order valence-electron chi connectivity index (χ3n) is 4.48. The van der Waals surface area contributed by atoms with Crippen molar-refractivity contribution in [3.05, 3.63) is 69.8 Å². The number of halogens is 1. The van der Waals surface area contributed by atoms with E-state index in [-0.39, 0.29) is 5.91 Å². The Morgan fingerprint density at radius 1 is 1.25 bits per heavy atom. The van der Waals surface area contributed by atoms with Crippen molar-refractivity contribution in [3.63, 3.8) is 0 Å². The van der Waals surface area contributed by atoms with E-state index in [1.54, 1.807) is 23.9 Å². The maximum atomic E-state index is 13.3. The second kappa shape index (κ2) is 7.43. The third kappa shape index (κ3) is 3.24. The first-order valence-electron chi connectivity index (χ1n) is 8.54. The zero-order valence-corrected chi connectivity index (χ0v) is 16.8. The number of carbonyl (C=O) groups excluding carboxylic acids is 1. The summed E-state index contributed by atoms with van der Waals surface area (Å²) in [5.74, 6) is 0.803. The minimum absolute atomic E-state index is 0.263. The van der Waals surface area contributed by atoms with Crippen LogP contribution in [-0.2, 0) is 4.79 Å². The summed E-state index contributed by atoms with van der Waals surface area (Å²) in [6.45, 7) is 1.83. The van der Waals surface area contributed by atoms with Crippen molar-refractivity contribution in [3.8, 4) is 5.75 Å². The molecule has 0 fully saturated rings. The summed E-state index contributed by atoms with van der Waals surface area (Å²) in [5, 5.41) is 17.9. The Balaban J connectivity index is 1.77. The van der Waals surface area contributed by atoms with Gasteiger partial charge in [-0.25, -0.2) is 0 Å². The smallest absolute Gasteiger partial charge is 0.255 e. The monoisotopic (exact) mass is 440 g/mol. The molecule has 8 nitrogen and oxygen atoms in total. The van der Waals surface area contributed by atoms with Gasteiger partial charge >= 0.3 is 0 Å². The van der Waals surface area contributed by atoms with E-state index in [0.717, 1.165) is 10.0 Å². The van der Waals surface area contributed by atoms with Crippen LogP contribution in [0.2, 0.25) is 0 Å². The van der Waals surface area contributed by atoms with E-state index in [1.165, 1.54) is 0 Å². The highest BCUT2D eigenvalue weighted by atomic mass is 79.9. The molecular weight excluding hydrogens is 424 g/mol. The van der Waals surface area contributed by atoms with Crippen molar-refractivity contribution in [2.75, 3.05) is 17.7 Å². The minimum Gasteiger partial charge on any atom is -0.495 e. The molecule has 1 aliphatic rings. The summed E-state index contributed by atoms with van der Waals surface area (Å²) in [4.78, 5) is 13.3. The molecule has 0 saturated heterocycles. The summed E-state index contributed by atoms with van der Waals surface area (Å²) < 4.78 is 7.85. The quantitative estimate of drug-likeness (QED) is 0.645. The lowest BCUT2D eigenvalue weighted by atomic mass is 9.95. The normalized spacial score (nSPS) is 15.6. The van der Waals surface area contributed by atoms with E-state index in [0.29, 0.717) is 28.7 Å². The summed E-state index contributed by atoms with van der Waals surface area (Å²) in [6, 6.07) is 14.5. The lowest BCUT2D eigenvalue weighted by Gasteiger charge is -2.28. The molecule has 3 aromatic rings. The van der Waals surface area contributed by atoms with Crippen LogP contribution in [0.5, 0.6) is 5.75 Å². The Kier molecular flexibility index (Phi) is 4.82. The molecule has 1 aromatic heterocycles. The van der Waals surface area contributed by atoms with Crippen LogP contribution in [0.4, 0.5) is 11.6 Å². The summed E-state index contributed by atoms with van der Waals surface area (Å²) in [7, 11) is 1.56. The second-order valence-electron chi connectivity index (χ2n) is 6.22. The molecule has 0 unspecified atom stereocenters. The Bertz CT molecular complexity index is 1080. The maximum absolute atomic E-state index is 13.3. The number of tetrazole rings is 1. The third-order valence-corrected chi connectivity index (χ3v) is 4.97. The molecule has 2 heterocycles. The number of aromatic nitrogens is 4. The van der Waals surface area contributed by atoms with E-state index < -0.39 is 6.04 Å². The van der Waals surface area contributed by atoms with Crippen LogP contribution in [0.1, 0.15) is 18.5 Å². The van der Waals surface area contributed by atoms with Gasteiger partial charge in [0.15, 0.2) is 0 Å². The van der Waals surface area contributed by atoms with Gasteiger partial charge in [-0.2, -0.15) is 4.68 Å². The highest BCUT2D eigenvalue weighted by Crippen LogP contribution is 2.36. The second-order valence-corrected chi connectivity index (χ2v) is 7.14. The number of ether oxygens (including phenoxy) is 1. The highest BCUT2D eigenvalue weighted by Gasteiger charge is 2.34. The van der Waals surface area contributed by atoms with Crippen LogP contribution in [0, 0.1) is 0 Å². The lowest BCUT2D eigenvalue weighted by molar-refractivity contribution is -0.113. The van der Waals surface area contributed by atoms with Gasteiger partial charge in [0.25, 0.3) is 5.91 Å². The number of carbonyl (C=O) groups is 1. The van der Waals surface area contributed by atoms with E-state index in [2.05, 4.69) is 42.1 Å². The van der Waals surface area contributed by atoms with Crippen LogP contribution in [0.25, 0.3) is 0 Å². The number of fused-ring (bicyclic) bond motifs is 1.